The number of cyclic esters (lactones) is 1. The fraction of sp³-hybridized carbons (Fsp3) is 0.500. The number of carbonyl (C=O) groups is 1. The summed E-state index contributed by atoms with van der Waals surface area (Å²) in [5, 5.41) is 35.0. The molecule has 1 heterocycles. The third-order valence-corrected chi connectivity index (χ3v) is 2.98. The third-order valence-electron chi connectivity index (χ3n) is 1.64. The zero-order valence-electron chi connectivity index (χ0n) is 11.6. The van der Waals surface area contributed by atoms with Crippen LogP contribution in [0, 0.1) is 0 Å². The number of ether oxygens (including phenoxy) is 1. The summed E-state index contributed by atoms with van der Waals surface area (Å²) in [6.07, 6.45) is -2.78. The molecule has 0 amide bonds. The Morgan fingerprint density at radius 1 is 1.13 bits per heavy atom. The molecule has 124 valence electrons. The number of hydrogen-bond donors (Lipinski definition) is 4. The van der Waals surface area contributed by atoms with E-state index in [1.54, 1.807) is 0 Å². The predicted octanol–water partition coefficient (Wildman–Crippen LogP) is -9.48. The molecule has 0 radical (unpaired) electrons. The van der Waals surface area contributed by atoms with Crippen molar-refractivity contribution in [3.05, 3.63) is 11.5 Å². The van der Waals surface area contributed by atoms with Crippen molar-refractivity contribution in [3.63, 3.8) is 0 Å². The summed E-state index contributed by atoms with van der Waals surface area (Å²) in [5.74, 6) is -2.78. The zero-order valence-corrected chi connectivity index (χ0v) is 17.3. The number of aliphatic hydroxyl groups excluding tert-OH is 4. The molecule has 13 nitrogen and oxygen atoms in total. The maximum atomic E-state index is 10.5. The fourth-order valence-corrected chi connectivity index (χ4v) is 1.74. The molecule has 0 saturated heterocycles. The van der Waals surface area contributed by atoms with Crippen LogP contribution in [0.1, 0.15) is 0 Å². The summed E-state index contributed by atoms with van der Waals surface area (Å²) in [5.41, 5.74) is 0. The second-order valence-corrected chi connectivity index (χ2v) is 5.37. The largest absolute Gasteiger partial charge is 1.00 e. The number of esters is 1. The van der Waals surface area contributed by atoms with Crippen molar-refractivity contribution in [1.82, 2.24) is 0 Å². The van der Waals surface area contributed by atoms with Gasteiger partial charge < -0.3 is 34.3 Å². The van der Waals surface area contributed by atoms with E-state index in [0.29, 0.717) is 0 Å². The Hall–Kier alpha value is 0.510. The van der Waals surface area contributed by atoms with Gasteiger partial charge in [0.1, 0.15) is 6.10 Å². The van der Waals surface area contributed by atoms with Gasteiger partial charge in [-0.1, -0.05) is 0 Å². The molecule has 17 heteroatoms. The molecule has 0 aromatic rings. The van der Waals surface area contributed by atoms with Crippen molar-refractivity contribution < 1.29 is 119 Å². The van der Waals surface area contributed by atoms with Crippen molar-refractivity contribution in [2.45, 2.75) is 12.2 Å². The van der Waals surface area contributed by atoms with E-state index in [1.165, 1.54) is 0 Å². The van der Waals surface area contributed by atoms with Crippen LogP contribution in [0.2, 0.25) is 0 Å². The molecule has 23 heavy (non-hydrogen) atoms. The van der Waals surface area contributed by atoms with E-state index in [-0.39, 0.29) is 59.1 Å². The van der Waals surface area contributed by atoms with Crippen molar-refractivity contribution in [2.75, 3.05) is 6.61 Å². The van der Waals surface area contributed by atoms with Gasteiger partial charge in [-0.3, -0.25) is 0 Å². The minimum atomic E-state index is -5.43. The summed E-state index contributed by atoms with van der Waals surface area (Å²) in [6, 6.07) is 0. The van der Waals surface area contributed by atoms with Crippen LogP contribution in [0.15, 0.2) is 11.5 Å². The van der Waals surface area contributed by atoms with Gasteiger partial charge in [-0.15, -0.1) is 0 Å². The average Bonchev–Trinajstić information content (AvgIpc) is 2.52. The van der Waals surface area contributed by atoms with Gasteiger partial charge >= 0.3 is 65.1 Å². The smallest absolute Gasteiger partial charge is 0.725 e. The molecule has 0 aromatic heterocycles. The van der Waals surface area contributed by atoms with Gasteiger partial charge in [0.25, 0.3) is 0 Å². The van der Waals surface area contributed by atoms with Gasteiger partial charge in [-0.05, 0) is 0 Å². The molecule has 0 fully saturated rings. The normalized spacial score (nSPS) is 18.8. The van der Waals surface area contributed by atoms with E-state index < -0.39 is 57.1 Å². The summed E-state index contributed by atoms with van der Waals surface area (Å²) < 4.78 is 62.5. The summed E-state index contributed by atoms with van der Waals surface area (Å²) in [6.45, 7) is -0.671. The Kier molecular flexibility index (Phi) is 13.8. The Morgan fingerprint density at radius 2 is 1.52 bits per heavy atom. The van der Waals surface area contributed by atoms with Gasteiger partial charge in [-0.25, -0.2) is 21.6 Å². The van der Waals surface area contributed by atoms with E-state index >= 15 is 0 Å². The first-order valence-electron chi connectivity index (χ1n) is 4.53. The molecule has 0 saturated carbocycles. The van der Waals surface area contributed by atoms with Gasteiger partial charge in [0.05, 0.1) is 6.61 Å². The van der Waals surface area contributed by atoms with Crippen molar-refractivity contribution in [2.24, 2.45) is 0 Å². The van der Waals surface area contributed by atoms with Gasteiger partial charge in [0.2, 0.25) is 26.6 Å². The zero-order chi connectivity index (χ0) is 17.0. The maximum Gasteiger partial charge on any atom is 1.00 e. The van der Waals surface area contributed by atoms with Crippen LogP contribution in [-0.2, 0) is 34.0 Å². The fourth-order valence-electron chi connectivity index (χ4n) is 0.925. The van der Waals surface area contributed by atoms with Crippen LogP contribution in [-0.4, -0.2) is 71.2 Å². The Bertz CT molecular complexity index is 593. The van der Waals surface area contributed by atoms with E-state index in [2.05, 4.69) is 8.37 Å². The molecule has 0 aliphatic carbocycles. The van der Waals surface area contributed by atoms with Crippen LogP contribution >= 0.6 is 0 Å². The third kappa shape index (κ3) is 11.6. The second-order valence-electron chi connectivity index (χ2n) is 3.19. The molecule has 0 bridgehead atoms. The summed E-state index contributed by atoms with van der Waals surface area (Å²) in [7, 11) is -10.9. The Balaban J connectivity index is -0.000000332. The quantitative estimate of drug-likeness (QED) is 0.149. The molecule has 0 spiro atoms. The number of aliphatic hydroxyl groups is 4. The van der Waals surface area contributed by atoms with Gasteiger partial charge in [0.15, 0.2) is 11.9 Å². The molecule has 0 unspecified atom stereocenters. The first-order valence-corrected chi connectivity index (χ1v) is 7.20. The van der Waals surface area contributed by atoms with Crippen LogP contribution in [0.3, 0.4) is 0 Å². The van der Waals surface area contributed by atoms with Crippen molar-refractivity contribution in [1.29, 1.82) is 0 Å². The molecule has 1 aliphatic rings. The van der Waals surface area contributed by atoms with Crippen LogP contribution in [0.25, 0.3) is 0 Å². The molecular weight excluding hydrogens is 390 g/mol. The minimum absolute atomic E-state index is 0. The monoisotopic (exact) mass is 398 g/mol. The molecule has 0 aromatic carbocycles. The number of hydrogen-bond acceptors (Lipinski definition) is 13. The van der Waals surface area contributed by atoms with E-state index in [4.69, 9.17) is 20.4 Å². The minimum Gasteiger partial charge on any atom is -0.725 e. The van der Waals surface area contributed by atoms with Crippen LogP contribution in [0.5, 0.6) is 0 Å². The molecular formula is C6H8Na2O13S2. The second kappa shape index (κ2) is 11.2. The number of carbonyl (C=O) groups excluding carboxylic acids is 1. The predicted molar refractivity (Wildman–Crippen MR) is 55.7 cm³/mol. The van der Waals surface area contributed by atoms with E-state index in [0.717, 1.165) is 0 Å². The van der Waals surface area contributed by atoms with Crippen LogP contribution < -0.4 is 59.1 Å². The van der Waals surface area contributed by atoms with Crippen molar-refractivity contribution >= 4 is 26.8 Å². The average molecular weight is 398 g/mol. The Morgan fingerprint density at radius 3 is 1.70 bits per heavy atom. The molecule has 4 N–H and O–H groups in total. The summed E-state index contributed by atoms with van der Waals surface area (Å²) in [4.78, 5) is 10.5. The van der Waals surface area contributed by atoms with Crippen molar-refractivity contribution in [3.8, 4) is 0 Å². The van der Waals surface area contributed by atoms with Gasteiger partial charge in [-0.2, -0.15) is 3.63 Å². The SMILES string of the molecule is O=C1O[C@H]([C@@H](O)CO)C(O)=C1O.O=S(=O)([O-])OS(=O)(=O)[O-].[Na+].[Na+]. The Labute approximate surface area is 174 Å². The molecule has 1 aliphatic heterocycles. The van der Waals surface area contributed by atoms with E-state index in [9.17, 15) is 30.7 Å². The first kappa shape index (κ1) is 28.3. The maximum absolute atomic E-state index is 10.5. The van der Waals surface area contributed by atoms with Crippen LogP contribution in [0.4, 0.5) is 0 Å². The first-order chi connectivity index (χ1) is 9.28. The molecule has 2 atom stereocenters. The molecule has 1 rings (SSSR count). The topological polar surface area (TPSA) is 231 Å². The summed E-state index contributed by atoms with van der Waals surface area (Å²) >= 11 is 0. The number of rotatable bonds is 4. The van der Waals surface area contributed by atoms with Gasteiger partial charge in [0, 0.05) is 0 Å². The van der Waals surface area contributed by atoms with E-state index in [1.807, 2.05) is 0 Å². The standard InChI is InChI=1S/C6H8O6.2Na.H2O7S2/c7-1-2(8)5-3(9)4(10)6(11)12-5;;;1-8(2,3)7-9(4,5)6/h2,5,7-10H,1H2;;;(H,1,2,3)(H,4,5,6)/q;2*+1;/p-2/t2-,5+;;;/m0.../s1.